The molecule has 3 aliphatic rings. The van der Waals surface area contributed by atoms with Gasteiger partial charge in [0.1, 0.15) is 5.75 Å². The minimum absolute atomic E-state index is 0.00297. The largest absolute Gasteiger partial charge is 0.496 e. The Morgan fingerprint density at radius 1 is 1.02 bits per heavy atom. The highest BCUT2D eigenvalue weighted by Crippen LogP contribution is 2.34. The van der Waals surface area contributed by atoms with Crippen molar-refractivity contribution in [2.75, 3.05) is 45.8 Å². The van der Waals surface area contributed by atoms with E-state index in [0.717, 1.165) is 36.8 Å². The zero-order valence-electron chi connectivity index (χ0n) is 27.8. The van der Waals surface area contributed by atoms with Crippen molar-refractivity contribution in [3.8, 4) is 5.75 Å². The molecule has 2 N–H and O–H groups in total. The van der Waals surface area contributed by atoms with E-state index < -0.39 is 5.97 Å². The Balaban J connectivity index is 1.15. The second-order valence-electron chi connectivity index (χ2n) is 13.3. The molecular weight excluding hydrogens is 636 g/mol. The van der Waals surface area contributed by atoms with E-state index in [4.69, 9.17) is 25.8 Å². The van der Waals surface area contributed by atoms with Crippen molar-refractivity contribution in [3.63, 3.8) is 0 Å². The number of carbonyl (C=O) groups excluding carboxylic acids is 2. The van der Waals surface area contributed by atoms with Gasteiger partial charge in [0.15, 0.2) is 0 Å². The Morgan fingerprint density at radius 2 is 1.79 bits per heavy atom. The van der Waals surface area contributed by atoms with Crippen LogP contribution in [0.3, 0.4) is 0 Å². The van der Waals surface area contributed by atoms with Crippen molar-refractivity contribution in [1.29, 1.82) is 0 Å². The van der Waals surface area contributed by atoms with Gasteiger partial charge in [0.2, 0.25) is 5.91 Å². The summed E-state index contributed by atoms with van der Waals surface area (Å²) in [6.45, 7) is 2.76. The number of carbonyl (C=O) groups is 3. The molecule has 48 heavy (non-hydrogen) atoms. The van der Waals surface area contributed by atoms with Crippen LogP contribution < -0.4 is 10.1 Å². The Kier molecular flexibility index (Phi) is 10.6. The first kappa shape index (κ1) is 34.2. The van der Waals surface area contributed by atoms with Gasteiger partial charge in [-0.3, -0.25) is 19.3 Å². The normalized spacial score (nSPS) is 24.7. The Bertz CT molecular complexity index is 1650. The molecule has 6 rings (SSSR count). The number of aromatic nitrogens is 1. The molecule has 11 nitrogen and oxygen atoms in total. The van der Waals surface area contributed by atoms with Gasteiger partial charge in [0.05, 0.1) is 60.6 Å². The smallest absolute Gasteiger partial charge is 0.306 e. The van der Waals surface area contributed by atoms with Crippen LogP contribution in [0.25, 0.3) is 10.9 Å². The number of hydrogen-bond donors (Lipinski definition) is 2. The van der Waals surface area contributed by atoms with Crippen molar-refractivity contribution >= 4 is 46.0 Å². The van der Waals surface area contributed by atoms with Crippen LogP contribution in [-0.2, 0) is 32.5 Å². The van der Waals surface area contributed by atoms with Crippen LogP contribution in [0.5, 0.6) is 5.75 Å². The molecule has 1 aromatic heterocycles. The van der Waals surface area contributed by atoms with Gasteiger partial charge in [-0.25, -0.2) is 0 Å². The number of benzene rings is 2. The lowest BCUT2D eigenvalue weighted by Crippen LogP contribution is -2.41. The quantitative estimate of drug-likeness (QED) is 0.291. The first-order valence-electron chi connectivity index (χ1n) is 16.8. The third kappa shape index (κ3) is 7.34. The molecule has 0 radical (unpaired) electrons. The van der Waals surface area contributed by atoms with E-state index in [0.29, 0.717) is 66.4 Å². The summed E-state index contributed by atoms with van der Waals surface area (Å²) in [5.41, 5.74) is 2.51. The maximum absolute atomic E-state index is 14.0. The zero-order chi connectivity index (χ0) is 33.9. The number of fused-ring (bicyclic) bond motifs is 1. The number of nitrogens with zero attached hydrogens (tertiary/aromatic N) is 3. The fourth-order valence-electron chi connectivity index (χ4n) is 7.62. The molecule has 2 saturated heterocycles. The lowest BCUT2D eigenvalue weighted by Gasteiger charge is -2.30. The molecule has 0 bridgehead atoms. The van der Waals surface area contributed by atoms with E-state index in [9.17, 15) is 19.5 Å². The molecule has 12 heteroatoms. The van der Waals surface area contributed by atoms with E-state index in [2.05, 4.69) is 10.2 Å². The number of para-hydroxylation sites is 1. The second-order valence-corrected chi connectivity index (χ2v) is 13.7. The Morgan fingerprint density at radius 3 is 2.50 bits per heavy atom. The van der Waals surface area contributed by atoms with Gasteiger partial charge in [-0.05, 0) is 50.7 Å². The first-order chi connectivity index (χ1) is 23.1. The molecule has 3 fully saturated rings. The zero-order valence-corrected chi connectivity index (χ0v) is 28.6. The highest BCUT2D eigenvalue weighted by molar-refractivity contribution is 6.34. The first-order valence-corrected chi connectivity index (χ1v) is 17.2. The van der Waals surface area contributed by atoms with Crippen molar-refractivity contribution in [3.05, 3.63) is 58.7 Å². The maximum Gasteiger partial charge on any atom is 0.306 e. The Labute approximate surface area is 286 Å². The predicted octanol–water partition coefficient (Wildman–Crippen LogP) is 4.99. The standard InChI is InChI=1S/C36H45ClN4O7/c1-39-20-29(28-6-4-5-7-32(28)39)35(43)38-31-17-33(47-3)23(14-30(31)37)15-34(42)41-18-24(40-13-12-27(19-40)46-2)16-25(41)21-48-26-10-8-22(9-11-26)36(44)45/h4-7,14,17,20,22,24-27H,8-13,15-16,18-19,21H2,1-3H3,(H,38,43)(H,44,45). The van der Waals surface area contributed by atoms with Crippen LogP contribution in [0.2, 0.25) is 5.02 Å². The lowest BCUT2D eigenvalue weighted by atomic mass is 9.87. The van der Waals surface area contributed by atoms with Crippen LogP contribution >= 0.6 is 11.6 Å². The van der Waals surface area contributed by atoms with Gasteiger partial charge in [0, 0.05) is 68.6 Å². The predicted molar refractivity (Wildman–Crippen MR) is 183 cm³/mol. The number of aryl methyl sites for hydroxylation is 1. The topological polar surface area (TPSA) is 123 Å². The molecule has 2 amide bonds. The number of amides is 2. The summed E-state index contributed by atoms with van der Waals surface area (Å²) in [6, 6.07) is 11.1. The number of ether oxygens (including phenoxy) is 3. The van der Waals surface area contributed by atoms with Gasteiger partial charge in [-0.1, -0.05) is 29.8 Å². The molecule has 2 aromatic carbocycles. The minimum Gasteiger partial charge on any atom is -0.496 e. The summed E-state index contributed by atoms with van der Waals surface area (Å²) in [5, 5.41) is 13.4. The van der Waals surface area contributed by atoms with Crippen molar-refractivity contribution in [1.82, 2.24) is 14.4 Å². The van der Waals surface area contributed by atoms with E-state index >= 15 is 0 Å². The number of carboxylic acid groups (broad SMARTS) is 1. The molecule has 3 heterocycles. The van der Waals surface area contributed by atoms with E-state index in [-0.39, 0.29) is 48.4 Å². The third-order valence-corrected chi connectivity index (χ3v) is 10.7. The van der Waals surface area contributed by atoms with Gasteiger partial charge in [-0.15, -0.1) is 0 Å². The van der Waals surface area contributed by atoms with Crippen molar-refractivity contribution in [2.45, 2.75) is 69.2 Å². The number of likely N-dealkylation sites (tertiary alicyclic amines) is 2. The van der Waals surface area contributed by atoms with Gasteiger partial charge in [-0.2, -0.15) is 0 Å². The fraction of sp³-hybridized carbons (Fsp3) is 0.528. The fourth-order valence-corrected chi connectivity index (χ4v) is 7.85. The molecule has 258 valence electrons. The van der Waals surface area contributed by atoms with Crippen molar-refractivity contribution in [2.24, 2.45) is 13.0 Å². The third-order valence-electron chi connectivity index (χ3n) is 10.4. The molecule has 0 spiro atoms. The average molecular weight is 681 g/mol. The van der Waals surface area contributed by atoms with Crippen LogP contribution in [0.4, 0.5) is 5.69 Å². The second kappa shape index (κ2) is 14.9. The summed E-state index contributed by atoms with van der Waals surface area (Å²) >= 11 is 6.71. The highest BCUT2D eigenvalue weighted by atomic mass is 35.5. The van der Waals surface area contributed by atoms with E-state index in [1.807, 2.05) is 40.8 Å². The van der Waals surface area contributed by atoms with Crippen LogP contribution in [0.1, 0.15) is 54.4 Å². The Hall–Kier alpha value is -3.64. The number of methoxy groups -OCH3 is 2. The average Bonchev–Trinajstić information content (AvgIpc) is 3.82. The van der Waals surface area contributed by atoms with Crippen LogP contribution in [0.15, 0.2) is 42.6 Å². The van der Waals surface area contributed by atoms with Gasteiger partial charge < -0.3 is 34.1 Å². The summed E-state index contributed by atoms with van der Waals surface area (Å²) in [7, 11) is 5.18. The summed E-state index contributed by atoms with van der Waals surface area (Å²) in [4.78, 5) is 43.1. The molecule has 1 aliphatic carbocycles. The van der Waals surface area contributed by atoms with E-state index in [1.165, 1.54) is 7.11 Å². The highest BCUT2D eigenvalue weighted by Gasteiger charge is 2.41. The molecular formula is C36H45ClN4O7. The number of hydrogen-bond acceptors (Lipinski definition) is 7. The monoisotopic (exact) mass is 680 g/mol. The van der Waals surface area contributed by atoms with Crippen LogP contribution in [0, 0.1) is 5.92 Å². The van der Waals surface area contributed by atoms with Gasteiger partial charge in [0.25, 0.3) is 5.91 Å². The van der Waals surface area contributed by atoms with Crippen molar-refractivity contribution < 1.29 is 33.7 Å². The summed E-state index contributed by atoms with van der Waals surface area (Å²) < 4.78 is 19.6. The lowest BCUT2D eigenvalue weighted by molar-refractivity contribution is -0.144. The summed E-state index contributed by atoms with van der Waals surface area (Å²) in [5.74, 6) is -0.922. The molecule has 2 aliphatic heterocycles. The molecule has 1 saturated carbocycles. The number of halogens is 1. The van der Waals surface area contributed by atoms with Crippen LogP contribution in [-0.4, -0.2) is 102 Å². The number of aliphatic carboxylic acids is 1. The number of rotatable bonds is 11. The molecule has 3 atom stereocenters. The minimum atomic E-state index is -0.736. The number of anilines is 1. The molecule has 3 aromatic rings. The molecule has 3 unspecified atom stereocenters. The maximum atomic E-state index is 14.0. The number of carboxylic acids is 1. The SMILES string of the molecule is COc1cc(NC(=O)c2cn(C)c3ccccc23)c(Cl)cc1CC(=O)N1CC(N2CCC(OC)C2)CC1COC1CCC(C(=O)O)CC1. The summed E-state index contributed by atoms with van der Waals surface area (Å²) in [6.07, 6.45) is 6.47. The van der Waals surface area contributed by atoms with Gasteiger partial charge >= 0.3 is 5.97 Å². The number of nitrogens with one attached hydrogen (secondary N) is 1. The van der Waals surface area contributed by atoms with E-state index in [1.54, 1.807) is 25.4 Å².